The van der Waals surface area contributed by atoms with Gasteiger partial charge in [0.1, 0.15) is 5.75 Å². The summed E-state index contributed by atoms with van der Waals surface area (Å²) >= 11 is 0. The Morgan fingerprint density at radius 3 is 2.89 bits per heavy atom. The maximum atomic E-state index is 10.7. The first-order valence-electron chi connectivity index (χ1n) is 6.06. The molecule has 2 aromatic rings. The van der Waals surface area contributed by atoms with Crippen LogP contribution >= 0.6 is 0 Å². The number of nitrogens with two attached hydrogens (primary N) is 1. The van der Waals surface area contributed by atoms with Gasteiger partial charge >= 0.3 is 0 Å². The minimum atomic E-state index is -0.322. The molecule has 1 amide bonds. The molecule has 0 aliphatic heterocycles. The number of carbonyl (C=O) groups excluding carboxylic acids is 1. The molecule has 5 nitrogen and oxygen atoms in total. The van der Waals surface area contributed by atoms with Gasteiger partial charge in [-0.15, -0.1) is 0 Å². The summed E-state index contributed by atoms with van der Waals surface area (Å²) in [7, 11) is 1.65. The monoisotopic (exact) mass is 259 g/mol. The second-order valence-corrected chi connectivity index (χ2v) is 4.39. The zero-order valence-corrected chi connectivity index (χ0v) is 11.1. The smallest absolute Gasteiger partial charge is 0.219 e. The fourth-order valence-electron chi connectivity index (χ4n) is 1.94. The van der Waals surface area contributed by atoms with E-state index in [1.54, 1.807) is 18.0 Å². The quantitative estimate of drug-likeness (QED) is 0.889. The Labute approximate surface area is 112 Å². The summed E-state index contributed by atoms with van der Waals surface area (Å²) in [5.74, 6) is 0.514. The molecule has 0 saturated carbocycles. The zero-order valence-electron chi connectivity index (χ0n) is 11.1. The molecule has 0 spiro atoms. The molecule has 0 saturated heterocycles. The Bertz CT molecular complexity index is 590. The van der Waals surface area contributed by atoms with Crippen molar-refractivity contribution in [3.63, 3.8) is 0 Å². The molecule has 2 rings (SSSR count). The highest BCUT2D eigenvalue weighted by molar-refractivity contribution is 5.73. The molecule has 0 fully saturated rings. The van der Waals surface area contributed by atoms with Crippen molar-refractivity contribution in [2.45, 2.75) is 19.9 Å². The van der Waals surface area contributed by atoms with E-state index in [2.05, 4.69) is 5.10 Å². The SMILES string of the molecule is COc1ccc(-c2cnn(CCC(N)=O)c2)c(C)c1. The number of nitrogens with zero attached hydrogens (tertiary/aromatic N) is 2. The largest absolute Gasteiger partial charge is 0.497 e. The van der Waals surface area contributed by atoms with Gasteiger partial charge in [-0.25, -0.2) is 0 Å². The van der Waals surface area contributed by atoms with Crippen molar-refractivity contribution in [3.8, 4) is 16.9 Å². The average Bonchev–Trinajstić information content (AvgIpc) is 2.84. The standard InChI is InChI=1S/C14H17N3O2/c1-10-7-12(19-2)3-4-13(10)11-8-16-17(9-11)6-5-14(15)18/h3-4,7-9H,5-6H2,1-2H3,(H2,15,18). The van der Waals surface area contributed by atoms with E-state index in [9.17, 15) is 4.79 Å². The van der Waals surface area contributed by atoms with E-state index in [-0.39, 0.29) is 5.91 Å². The van der Waals surface area contributed by atoms with E-state index < -0.39 is 0 Å². The van der Waals surface area contributed by atoms with Crippen LogP contribution in [0.4, 0.5) is 0 Å². The molecule has 1 heterocycles. The van der Waals surface area contributed by atoms with Gasteiger partial charge in [-0.3, -0.25) is 9.48 Å². The topological polar surface area (TPSA) is 70.1 Å². The Kier molecular flexibility index (Phi) is 3.85. The van der Waals surface area contributed by atoms with Crippen molar-refractivity contribution in [1.82, 2.24) is 9.78 Å². The molecular weight excluding hydrogens is 242 g/mol. The van der Waals surface area contributed by atoms with Crippen molar-refractivity contribution in [2.75, 3.05) is 7.11 Å². The summed E-state index contributed by atoms with van der Waals surface area (Å²) in [6.45, 7) is 2.53. The number of benzene rings is 1. The van der Waals surface area contributed by atoms with Gasteiger partial charge in [0, 0.05) is 24.7 Å². The van der Waals surface area contributed by atoms with Crippen LogP contribution in [0, 0.1) is 6.92 Å². The van der Waals surface area contributed by atoms with Crippen molar-refractivity contribution < 1.29 is 9.53 Å². The van der Waals surface area contributed by atoms with Crippen molar-refractivity contribution >= 4 is 5.91 Å². The predicted octanol–water partition coefficient (Wildman–Crippen LogP) is 1.74. The number of hydrogen-bond acceptors (Lipinski definition) is 3. The van der Waals surface area contributed by atoms with Gasteiger partial charge in [-0.05, 0) is 30.2 Å². The molecule has 100 valence electrons. The van der Waals surface area contributed by atoms with E-state index in [1.165, 1.54) is 0 Å². The average molecular weight is 259 g/mol. The van der Waals surface area contributed by atoms with Crippen LogP contribution in [-0.2, 0) is 11.3 Å². The molecule has 0 radical (unpaired) electrons. The van der Waals surface area contributed by atoms with Crippen LogP contribution in [0.5, 0.6) is 5.75 Å². The number of primary amides is 1. The zero-order chi connectivity index (χ0) is 13.8. The second-order valence-electron chi connectivity index (χ2n) is 4.39. The normalized spacial score (nSPS) is 10.4. The van der Waals surface area contributed by atoms with Gasteiger partial charge in [-0.1, -0.05) is 6.07 Å². The van der Waals surface area contributed by atoms with Crippen LogP contribution in [0.15, 0.2) is 30.6 Å². The van der Waals surface area contributed by atoms with Gasteiger partial charge < -0.3 is 10.5 Å². The molecule has 19 heavy (non-hydrogen) atoms. The fraction of sp³-hybridized carbons (Fsp3) is 0.286. The Balaban J connectivity index is 2.20. The van der Waals surface area contributed by atoms with Gasteiger partial charge in [0.2, 0.25) is 5.91 Å². The molecule has 5 heteroatoms. The van der Waals surface area contributed by atoms with Gasteiger partial charge in [-0.2, -0.15) is 5.10 Å². The molecule has 0 atom stereocenters. The third-order valence-electron chi connectivity index (χ3n) is 2.97. The first-order valence-corrected chi connectivity index (χ1v) is 6.06. The molecule has 1 aromatic heterocycles. The van der Waals surface area contributed by atoms with Crippen molar-refractivity contribution in [1.29, 1.82) is 0 Å². The number of hydrogen-bond donors (Lipinski definition) is 1. The molecule has 0 aliphatic rings. The van der Waals surface area contributed by atoms with E-state index in [0.29, 0.717) is 13.0 Å². The third kappa shape index (κ3) is 3.13. The first kappa shape index (κ1) is 13.1. The first-order chi connectivity index (χ1) is 9.10. The lowest BCUT2D eigenvalue weighted by atomic mass is 10.0. The second kappa shape index (κ2) is 5.56. The van der Waals surface area contributed by atoms with Crippen LogP contribution in [0.3, 0.4) is 0 Å². The minimum Gasteiger partial charge on any atom is -0.497 e. The summed E-state index contributed by atoms with van der Waals surface area (Å²) in [5.41, 5.74) is 8.36. The van der Waals surface area contributed by atoms with Crippen LogP contribution < -0.4 is 10.5 Å². The number of amides is 1. The highest BCUT2D eigenvalue weighted by Crippen LogP contribution is 2.26. The fourth-order valence-corrected chi connectivity index (χ4v) is 1.94. The Morgan fingerprint density at radius 1 is 1.47 bits per heavy atom. The Hall–Kier alpha value is -2.30. The van der Waals surface area contributed by atoms with E-state index in [1.807, 2.05) is 31.3 Å². The summed E-state index contributed by atoms with van der Waals surface area (Å²) in [4.78, 5) is 10.7. The van der Waals surface area contributed by atoms with E-state index in [4.69, 9.17) is 10.5 Å². The summed E-state index contributed by atoms with van der Waals surface area (Å²) in [6.07, 6.45) is 4.00. The number of methoxy groups -OCH3 is 1. The predicted molar refractivity (Wildman–Crippen MR) is 72.8 cm³/mol. The van der Waals surface area contributed by atoms with E-state index in [0.717, 1.165) is 22.4 Å². The number of carbonyl (C=O) groups is 1. The third-order valence-corrected chi connectivity index (χ3v) is 2.97. The van der Waals surface area contributed by atoms with Crippen molar-refractivity contribution in [2.24, 2.45) is 5.73 Å². The number of aromatic nitrogens is 2. The molecule has 0 bridgehead atoms. The number of aryl methyl sites for hydroxylation is 2. The summed E-state index contributed by atoms with van der Waals surface area (Å²) in [5, 5.41) is 4.23. The molecule has 1 aromatic carbocycles. The molecule has 2 N–H and O–H groups in total. The highest BCUT2D eigenvalue weighted by atomic mass is 16.5. The molecule has 0 unspecified atom stereocenters. The number of ether oxygens (including phenoxy) is 1. The summed E-state index contributed by atoms with van der Waals surface area (Å²) in [6, 6.07) is 5.91. The van der Waals surface area contributed by atoms with Gasteiger partial charge in [0.15, 0.2) is 0 Å². The van der Waals surface area contributed by atoms with Gasteiger partial charge in [0.25, 0.3) is 0 Å². The number of rotatable bonds is 5. The van der Waals surface area contributed by atoms with Crippen LogP contribution in [-0.4, -0.2) is 22.8 Å². The lowest BCUT2D eigenvalue weighted by Crippen LogP contribution is -2.13. The summed E-state index contributed by atoms with van der Waals surface area (Å²) < 4.78 is 6.91. The van der Waals surface area contributed by atoms with Crippen LogP contribution in [0.2, 0.25) is 0 Å². The maximum Gasteiger partial charge on any atom is 0.219 e. The molecular formula is C14H17N3O2. The lowest BCUT2D eigenvalue weighted by molar-refractivity contribution is -0.118. The highest BCUT2D eigenvalue weighted by Gasteiger charge is 2.06. The van der Waals surface area contributed by atoms with Crippen LogP contribution in [0.25, 0.3) is 11.1 Å². The minimum absolute atomic E-state index is 0.294. The maximum absolute atomic E-state index is 10.7. The molecule has 0 aliphatic carbocycles. The lowest BCUT2D eigenvalue weighted by Gasteiger charge is -2.06. The Morgan fingerprint density at radius 2 is 2.26 bits per heavy atom. The van der Waals surface area contributed by atoms with Crippen molar-refractivity contribution in [3.05, 3.63) is 36.2 Å². The van der Waals surface area contributed by atoms with E-state index >= 15 is 0 Å². The van der Waals surface area contributed by atoms with Crippen LogP contribution in [0.1, 0.15) is 12.0 Å². The van der Waals surface area contributed by atoms with Gasteiger partial charge in [0.05, 0.1) is 13.3 Å².